The van der Waals surface area contributed by atoms with E-state index in [9.17, 15) is 23.2 Å². The number of halogens is 4. The van der Waals surface area contributed by atoms with Crippen LogP contribution in [-0.2, 0) is 11.0 Å². The molecule has 0 bridgehead atoms. The van der Waals surface area contributed by atoms with E-state index < -0.39 is 17.6 Å². The van der Waals surface area contributed by atoms with Crippen molar-refractivity contribution >= 4 is 29.3 Å². The third-order valence-electron chi connectivity index (χ3n) is 3.49. The van der Waals surface area contributed by atoms with Gasteiger partial charge in [-0.05, 0) is 44.2 Å². The van der Waals surface area contributed by atoms with Gasteiger partial charge >= 0.3 is 6.18 Å². The Hall–Kier alpha value is -2.98. The maximum atomic E-state index is 12.9. The first-order valence-corrected chi connectivity index (χ1v) is 8.55. The minimum Gasteiger partial charge on any atom is -0.490 e. The molecular formula is C20H16ClF3N2O2. The van der Waals surface area contributed by atoms with Gasteiger partial charge < -0.3 is 10.1 Å². The van der Waals surface area contributed by atoms with Gasteiger partial charge in [0.15, 0.2) is 0 Å². The van der Waals surface area contributed by atoms with Crippen molar-refractivity contribution in [3.05, 3.63) is 64.2 Å². The number of ether oxygens (including phenoxy) is 1. The molecule has 0 saturated carbocycles. The van der Waals surface area contributed by atoms with Crippen LogP contribution >= 0.6 is 11.6 Å². The second-order valence-corrected chi connectivity index (χ2v) is 6.43. The zero-order valence-corrected chi connectivity index (χ0v) is 15.7. The van der Waals surface area contributed by atoms with Gasteiger partial charge in [-0.1, -0.05) is 29.8 Å². The molecule has 0 spiro atoms. The molecule has 2 rings (SSSR count). The molecule has 0 aliphatic carbocycles. The quantitative estimate of drug-likeness (QED) is 0.510. The maximum Gasteiger partial charge on any atom is 0.416 e. The van der Waals surface area contributed by atoms with Gasteiger partial charge in [-0.2, -0.15) is 18.4 Å². The molecule has 1 N–H and O–H groups in total. The Kier molecular flexibility index (Phi) is 6.71. The van der Waals surface area contributed by atoms with Crippen LogP contribution in [0.4, 0.5) is 18.9 Å². The number of hydrogen-bond acceptors (Lipinski definition) is 3. The van der Waals surface area contributed by atoms with E-state index in [1.807, 2.05) is 13.8 Å². The topological polar surface area (TPSA) is 62.1 Å². The Balaban J connectivity index is 2.33. The summed E-state index contributed by atoms with van der Waals surface area (Å²) in [7, 11) is 0. The Morgan fingerprint density at radius 2 is 1.93 bits per heavy atom. The highest BCUT2D eigenvalue weighted by Gasteiger charge is 2.31. The highest BCUT2D eigenvalue weighted by atomic mass is 35.5. The van der Waals surface area contributed by atoms with Gasteiger partial charge in [0.25, 0.3) is 5.91 Å². The van der Waals surface area contributed by atoms with Crippen LogP contribution in [0.2, 0.25) is 5.02 Å². The lowest BCUT2D eigenvalue weighted by Gasteiger charge is -2.13. The van der Waals surface area contributed by atoms with E-state index in [0.717, 1.165) is 12.1 Å². The third kappa shape index (κ3) is 5.51. The summed E-state index contributed by atoms with van der Waals surface area (Å²) in [5.74, 6) is -0.418. The van der Waals surface area contributed by atoms with Crippen molar-refractivity contribution in [2.75, 3.05) is 5.32 Å². The monoisotopic (exact) mass is 408 g/mol. The van der Waals surface area contributed by atoms with Crippen molar-refractivity contribution in [3.63, 3.8) is 0 Å². The second-order valence-electron chi connectivity index (χ2n) is 6.02. The van der Waals surface area contributed by atoms with E-state index in [4.69, 9.17) is 16.3 Å². The molecule has 1 amide bonds. The Labute approximate surface area is 165 Å². The number of para-hydroxylation sites is 1. The van der Waals surface area contributed by atoms with Gasteiger partial charge in [-0.3, -0.25) is 4.79 Å². The Morgan fingerprint density at radius 3 is 2.54 bits per heavy atom. The first-order valence-electron chi connectivity index (χ1n) is 8.17. The minimum atomic E-state index is -4.59. The Bertz CT molecular complexity index is 947. The number of nitrogens with one attached hydrogen (secondary N) is 1. The number of rotatable bonds is 5. The number of carbonyl (C=O) groups is 1. The predicted molar refractivity (Wildman–Crippen MR) is 101 cm³/mol. The van der Waals surface area contributed by atoms with E-state index in [1.54, 1.807) is 30.3 Å². The molecule has 28 heavy (non-hydrogen) atoms. The average Bonchev–Trinajstić information content (AvgIpc) is 2.61. The van der Waals surface area contributed by atoms with E-state index in [0.29, 0.717) is 17.4 Å². The second kappa shape index (κ2) is 8.81. The van der Waals surface area contributed by atoms with Crippen molar-refractivity contribution in [2.45, 2.75) is 26.1 Å². The molecule has 146 valence electrons. The van der Waals surface area contributed by atoms with Gasteiger partial charge in [-0.15, -0.1) is 0 Å². The highest BCUT2D eigenvalue weighted by molar-refractivity contribution is 6.34. The number of anilines is 1. The largest absolute Gasteiger partial charge is 0.490 e. The fourth-order valence-electron chi connectivity index (χ4n) is 2.25. The lowest BCUT2D eigenvalue weighted by molar-refractivity contribution is -0.137. The summed E-state index contributed by atoms with van der Waals surface area (Å²) in [5, 5.41) is 11.5. The molecule has 0 unspecified atom stereocenters. The highest BCUT2D eigenvalue weighted by Crippen LogP contribution is 2.34. The molecule has 0 aliphatic heterocycles. The van der Waals surface area contributed by atoms with Gasteiger partial charge in [-0.25, -0.2) is 0 Å². The molecule has 0 fully saturated rings. The number of carbonyl (C=O) groups excluding carboxylic acids is 1. The van der Waals surface area contributed by atoms with Crippen molar-refractivity contribution < 1.29 is 22.7 Å². The summed E-state index contributed by atoms with van der Waals surface area (Å²) < 4.78 is 44.2. The number of alkyl halides is 3. The maximum absolute atomic E-state index is 12.9. The van der Waals surface area contributed by atoms with Crippen LogP contribution in [0.25, 0.3) is 6.08 Å². The number of nitriles is 1. The van der Waals surface area contributed by atoms with Crippen LogP contribution in [0.3, 0.4) is 0 Å². The molecule has 0 aliphatic rings. The molecule has 0 heterocycles. The van der Waals surface area contributed by atoms with E-state index >= 15 is 0 Å². The van der Waals surface area contributed by atoms with E-state index in [-0.39, 0.29) is 22.4 Å². The molecule has 2 aromatic carbocycles. The van der Waals surface area contributed by atoms with Crippen LogP contribution < -0.4 is 10.1 Å². The normalized spacial score (nSPS) is 11.9. The average molecular weight is 409 g/mol. The molecule has 8 heteroatoms. The van der Waals surface area contributed by atoms with Crippen LogP contribution in [-0.4, -0.2) is 12.0 Å². The lowest BCUT2D eigenvalue weighted by Crippen LogP contribution is -2.15. The van der Waals surface area contributed by atoms with Crippen molar-refractivity contribution in [2.24, 2.45) is 0 Å². The molecular weight excluding hydrogens is 393 g/mol. The molecule has 0 saturated heterocycles. The van der Waals surface area contributed by atoms with E-state index in [2.05, 4.69) is 5.32 Å². The zero-order valence-electron chi connectivity index (χ0n) is 15.0. The summed E-state index contributed by atoms with van der Waals surface area (Å²) in [6.45, 7) is 3.65. The minimum absolute atomic E-state index is 0.0813. The third-order valence-corrected chi connectivity index (χ3v) is 3.82. The van der Waals surface area contributed by atoms with Gasteiger partial charge in [0.05, 0.1) is 22.4 Å². The molecule has 0 atom stereocenters. The molecule has 2 aromatic rings. The summed E-state index contributed by atoms with van der Waals surface area (Å²) in [5.41, 5.74) is -1.04. The number of amides is 1. The van der Waals surface area contributed by atoms with Gasteiger partial charge in [0.2, 0.25) is 0 Å². The number of benzene rings is 2. The van der Waals surface area contributed by atoms with Gasteiger partial charge in [0, 0.05) is 5.56 Å². The van der Waals surface area contributed by atoms with Crippen LogP contribution in [0, 0.1) is 11.3 Å². The summed E-state index contributed by atoms with van der Waals surface area (Å²) in [6, 6.07) is 11.1. The smallest absolute Gasteiger partial charge is 0.416 e. The Morgan fingerprint density at radius 1 is 1.25 bits per heavy atom. The van der Waals surface area contributed by atoms with Crippen LogP contribution in [0.1, 0.15) is 25.0 Å². The van der Waals surface area contributed by atoms with Crippen LogP contribution in [0.5, 0.6) is 5.75 Å². The number of hydrogen-bond donors (Lipinski definition) is 1. The van der Waals surface area contributed by atoms with Crippen LogP contribution in [0.15, 0.2) is 48.0 Å². The van der Waals surface area contributed by atoms with Crippen molar-refractivity contribution in [1.82, 2.24) is 0 Å². The summed E-state index contributed by atoms with van der Waals surface area (Å²) in [6.07, 6.45) is -3.42. The fourth-order valence-corrected chi connectivity index (χ4v) is 2.42. The lowest BCUT2D eigenvalue weighted by atomic mass is 10.1. The van der Waals surface area contributed by atoms with Crippen molar-refractivity contribution in [1.29, 1.82) is 5.26 Å². The molecule has 4 nitrogen and oxygen atoms in total. The standard InChI is InChI=1S/C20H16ClF3N2O2/c1-12(2)28-18-6-4-3-5-13(18)9-14(11-25)19(27)26-17-10-15(20(22,23)24)7-8-16(17)21/h3-10,12H,1-2H3,(H,26,27). The predicted octanol–water partition coefficient (Wildman–Crippen LogP) is 5.69. The zero-order chi connectivity index (χ0) is 20.9. The SMILES string of the molecule is CC(C)Oc1ccccc1C=C(C#N)C(=O)Nc1cc(C(F)(F)F)ccc1Cl. The van der Waals surface area contributed by atoms with E-state index in [1.165, 1.54) is 6.08 Å². The summed E-state index contributed by atoms with van der Waals surface area (Å²) >= 11 is 5.88. The molecule has 0 aromatic heterocycles. The summed E-state index contributed by atoms with van der Waals surface area (Å²) in [4.78, 5) is 12.4. The first kappa shape index (κ1) is 21.3. The first-order chi connectivity index (χ1) is 13.1. The molecule has 0 radical (unpaired) electrons. The van der Waals surface area contributed by atoms with Gasteiger partial charge in [0.1, 0.15) is 17.4 Å². The fraction of sp³-hybridized carbons (Fsp3) is 0.200. The van der Waals surface area contributed by atoms with Crippen molar-refractivity contribution in [3.8, 4) is 11.8 Å². The number of nitrogens with zero attached hydrogens (tertiary/aromatic N) is 1.